The van der Waals surface area contributed by atoms with Crippen LogP contribution in [0, 0.1) is 5.92 Å². The Bertz CT molecular complexity index is 296. The summed E-state index contributed by atoms with van der Waals surface area (Å²) in [4.78, 5) is 22.3. The highest BCUT2D eigenvalue weighted by atomic mass is 16.4. The average molecular weight is 243 g/mol. The van der Waals surface area contributed by atoms with Gasteiger partial charge in [-0.1, -0.05) is 12.8 Å². The van der Waals surface area contributed by atoms with Gasteiger partial charge in [0.2, 0.25) is 0 Å². The molecule has 1 aliphatic rings. The lowest BCUT2D eigenvalue weighted by atomic mass is 9.65. The fraction of sp³-hybridized carbons (Fsp3) is 0.800. The Balaban J connectivity index is 2.53. The van der Waals surface area contributed by atoms with Gasteiger partial charge in [-0.3, -0.25) is 9.59 Å². The monoisotopic (exact) mass is 243 g/mol. The second-order valence-corrected chi connectivity index (χ2v) is 4.56. The lowest BCUT2D eigenvalue weighted by molar-refractivity contribution is -0.137. The van der Waals surface area contributed by atoms with Crippen molar-refractivity contribution in [2.24, 2.45) is 11.7 Å². The Hall–Kier alpha value is -0.915. The molecule has 0 bridgehead atoms. The van der Waals surface area contributed by atoms with Gasteiger partial charge in [-0.25, -0.2) is 0 Å². The van der Waals surface area contributed by atoms with Gasteiger partial charge < -0.3 is 20.9 Å². The number of carboxylic acid groups (broad SMARTS) is 1. The summed E-state index contributed by atoms with van der Waals surface area (Å²) >= 11 is 0. The van der Waals surface area contributed by atoms with Crippen LogP contribution in [0.25, 0.3) is 0 Å². The Labute approximate surface area is 100.0 Å². The molecule has 1 unspecified atom stereocenters. The molecule has 0 saturated heterocycles. The van der Waals surface area contributed by atoms with E-state index in [0.717, 1.165) is 6.42 Å². The van der Waals surface area contributed by atoms with Crippen LogP contribution >= 0.6 is 0 Å². The largest absolute Gasteiger partial charge is 0.481 e. The first kappa shape index (κ1) is 14.1. The quantitative estimate of drug-likeness (QED) is 0.462. The summed E-state index contributed by atoms with van der Waals surface area (Å²) < 4.78 is 0. The first-order chi connectivity index (χ1) is 7.93. The van der Waals surface area contributed by atoms with Crippen LogP contribution in [-0.4, -0.2) is 40.1 Å². The molecule has 96 valence electrons. The summed E-state index contributed by atoms with van der Waals surface area (Å²) in [6.45, 7) is 0. The van der Waals surface area contributed by atoms with Crippen molar-refractivity contribution in [3.05, 3.63) is 0 Å². The van der Waals surface area contributed by atoms with Crippen molar-refractivity contribution in [3.63, 3.8) is 0 Å². The van der Waals surface area contributed by atoms with E-state index < -0.39 is 30.9 Å². The van der Waals surface area contributed by atoms with Crippen LogP contribution in [0.5, 0.6) is 0 Å². The van der Waals surface area contributed by atoms with Gasteiger partial charge in [-0.2, -0.15) is 0 Å². The van der Waals surface area contributed by atoms with Crippen LogP contribution in [-0.2, 0) is 9.59 Å². The number of rotatable bonds is 6. The third-order valence-electron chi connectivity index (χ3n) is 3.35. The maximum absolute atomic E-state index is 11.9. The molecule has 6 nitrogen and oxygen atoms in total. The van der Waals surface area contributed by atoms with Crippen molar-refractivity contribution in [3.8, 4) is 0 Å². The van der Waals surface area contributed by atoms with Gasteiger partial charge in [-0.05, 0) is 12.8 Å². The van der Waals surface area contributed by atoms with Gasteiger partial charge in [0.15, 0.2) is 5.78 Å². The minimum atomic E-state index is -1.50. The molecule has 1 fully saturated rings. The zero-order chi connectivity index (χ0) is 13.0. The number of carbonyl (C=O) groups excluding carboxylic acids is 1. The molecule has 0 aliphatic heterocycles. The number of aliphatic carboxylic acids is 1. The molecule has 1 aliphatic carbocycles. The van der Waals surface area contributed by atoms with E-state index in [2.05, 4.69) is 0 Å². The van der Waals surface area contributed by atoms with Crippen LogP contribution in [0.3, 0.4) is 0 Å². The van der Waals surface area contributed by atoms with E-state index in [0.29, 0.717) is 12.8 Å². The van der Waals surface area contributed by atoms with Gasteiger partial charge in [0, 0.05) is 18.2 Å². The van der Waals surface area contributed by atoms with Gasteiger partial charge in [-0.15, -0.1) is 0 Å². The van der Waals surface area contributed by atoms with E-state index in [-0.39, 0.29) is 18.6 Å². The van der Waals surface area contributed by atoms with Crippen molar-refractivity contribution >= 4 is 18.9 Å². The third kappa shape index (κ3) is 3.80. The predicted molar refractivity (Wildman–Crippen MR) is 61.1 cm³/mol. The smallest absolute Gasteiger partial charge is 0.455 e. The maximum atomic E-state index is 11.9. The van der Waals surface area contributed by atoms with Crippen molar-refractivity contribution in [1.29, 1.82) is 0 Å². The van der Waals surface area contributed by atoms with E-state index in [1.54, 1.807) is 0 Å². The first-order valence-electron chi connectivity index (χ1n) is 5.80. The molecule has 0 amide bonds. The van der Waals surface area contributed by atoms with Crippen molar-refractivity contribution in [2.45, 2.75) is 44.0 Å². The minimum Gasteiger partial charge on any atom is -0.481 e. The van der Waals surface area contributed by atoms with E-state index in [9.17, 15) is 9.59 Å². The fourth-order valence-corrected chi connectivity index (χ4v) is 2.40. The molecular weight excluding hydrogens is 225 g/mol. The normalized spacial score (nSPS) is 25.6. The number of hydrogen-bond acceptors (Lipinski definition) is 5. The molecule has 5 N–H and O–H groups in total. The molecule has 3 atom stereocenters. The summed E-state index contributed by atoms with van der Waals surface area (Å²) in [6.07, 6.45) is 1.91. The summed E-state index contributed by atoms with van der Waals surface area (Å²) in [5.41, 5.74) is 5.63. The molecule has 0 heterocycles. The lowest BCUT2D eigenvalue weighted by Crippen LogP contribution is -2.39. The zero-order valence-electron chi connectivity index (χ0n) is 9.58. The molecule has 0 radical (unpaired) electrons. The molecule has 0 spiro atoms. The molecule has 1 saturated carbocycles. The number of carboxylic acids is 1. The molecule has 7 heteroatoms. The highest BCUT2D eigenvalue weighted by Gasteiger charge is 2.41. The summed E-state index contributed by atoms with van der Waals surface area (Å²) in [5.74, 6) is -2.14. The zero-order valence-corrected chi connectivity index (χ0v) is 9.58. The first-order valence-corrected chi connectivity index (χ1v) is 5.80. The number of ketones is 1. The number of Topliss-reactive ketones (excluding diaryl/α,β-unsaturated/α-hetero) is 1. The summed E-state index contributed by atoms with van der Waals surface area (Å²) in [5, 5.41) is 26.8. The Morgan fingerprint density at radius 3 is 2.53 bits per heavy atom. The summed E-state index contributed by atoms with van der Waals surface area (Å²) in [6, 6.07) is -0.824. The van der Waals surface area contributed by atoms with Gasteiger partial charge in [0.05, 0.1) is 6.04 Å². The van der Waals surface area contributed by atoms with Crippen LogP contribution < -0.4 is 5.73 Å². The third-order valence-corrected chi connectivity index (χ3v) is 3.35. The predicted octanol–water partition coefficient (Wildman–Crippen LogP) is -0.609. The molecule has 0 aromatic rings. The molecule has 0 aromatic heterocycles. The molecule has 1 rings (SSSR count). The van der Waals surface area contributed by atoms with Crippen LogP contribution in [0.2, 0.25) is 5.82 Å². The van der Waals surface area contributed by atoms with E-state index in [1.165, 1.54) is 0 Å². The number of nitrogens with two attached hydrogens (primary N) is 1. The Morgan fingerprint density at radius 1 is 1.35 bits per heavy atom. The number of hydrogen-bond donors (Lipinski definition) is 4. The Kier molecular flexibility index (Phi) is 5.11. The van der Waals surface area contributed by atoms with E-state index >= 15 is 0 Å². The van der Waals surface area contributed by atoms with Crippen LogP contribution in [0.15, 0.2) is 0 Å². The van der Waals surface area contributed by atoms with E-state index in [1.807, 2.05) is 0 Å². The topological polar surface area (TPSA) is 121 Å². The molecular formula is C10H18BNO5. The highest BCUT2D eigenvalue weighted by Crippen LogP contribution is 2.38. The van der Waals surface area contributed by atoms with Crippen LogP contribution in [0.1, 0.15) is 32.1 Å². The van der Waals surface area contributed by atoms with Gasteiger partial charge >= 0.3 is 13.1 Å². The van der Waals surface area contributed by atoms with Crippen molar-refractivity contribution in [1.82, 2.24) is 0 Å². The number of carbonyl (C=O) groups is 2. The Morgan fingerprint density at radius 2 is 2.00 bits per heavy atom. The van der Waals surface area contributed by atoms with E-state index in [4.69, 9.17) is 20.9 Å². The second-order valence-electron chi connectivity index (χ2n) is 4.56. The maximum Gasteiger partial charge on any atom is 0.455 e. The van der Waals surface area contributed by atoms with Crippen LogP contribution in [0.4, 0.5) is 0 Å². The average Bonchev–Trinajstić information content (AvgIpc) is 2.73. The minimum absolute atomic E-state index is 0.0961. The van der Waals surface area contributed by atoms with Crippen molar-refractivity contribution in [2.75, 3.05) is 0 Å². The fourth-order valence-electron chi connectivity index (χ4n) is 2.40. The molecule has 17 heavy (non-hydrogen) atoms. The lowest BCUT2D eigenvalue weighted by Gasteiger charge is -2.20. The second kappa shape index (κ2) is 6.14. The molecule has 0 aromatic carbocycles. The standard InChI is InChI=1S/C10H18BNO5/c12-8(4-5-9(13)14)10(15)6-2-1-3-7(6)11(16)17/h6-8,16-17H,1-5,12H2,(H,13,14)/t6?,7-,8+/m1/s1. The van der Waals surface area contributed by atoms with Crippen molar-refractivity contribution < 1.29 is 24.7 Å². The van der Waals surface area contributed by atoms with Gasteiger partial charge in [0.1, 0.15) is 0 Å². The SMILES string of the molecule is N[C@@H](CCC(=O)O)C(=O)C1CCC[C@H]1B(O)O. The summed E-state index contributed by atoms with van der Waals surface area (Å²) in [7, 11) is -1.50. The van der Waals surface area contributed by atoms with Gasteiger partial charge in [0.25, 0.3) is 0 Å². The highest BCUT2D eigenvalue weighted by molar-refractivity contribution is 6.44.